The minimum absolute atomic E-state index is 0.0651. The fraction of sp³-hybridized carbons (Fsp3) is 0.273. The molecule has 0 fully saturated rings. The number of methoxy groups -OCH3 is 1. The monoisotopic (exact) mass is 416 g/mol. The topological polar surface area (TPSA) is 59.1 Å². The third kappa shape index (κ3) is 5.20. The number of rotatable bonds is 7. The molecule has 0 aliphatic carbocycles. The quantitative estimate of drug-likeness (QED) is 0.460. The second kappa shape index (κ2) is 9.02. The summed E-state index contributed by atoms with van der Waals surface area (Å²) in [6, 6.07) is 14.2. The Hall–Kier alpha value is -3.29. The average Bonchev–Trinajstić information content (AvgIpc) is 2.73. The van der Waals surface area contributed by atoms with Gasteiger partial charge in [-0.1, -0.05) is 26.0 Å². The van der Waals surface area contributed by atoms with Crippen LogP contribution in [0, 0.1) is 0 Å². The molecule has 1 heterocycles. The van der Waals surface area contributed by atoms with Gasteiger partial charge in [0.1, 0.15) is 17.1 Å². The molecular weight excluding hydrogens is 393 g/mol. The molecule has 0 saturated heterocycles. The molecule has 0 radical (unpaired) electrons. The molecule has 2 aromatic carbocycles. The SMILES string of the molecule is CCC(C)c1ccc(Nc2ncc(C(F)(F)F)c(Nc3ccc(OC)cc3)n2)cc1. The molecule has 2 N–H and O–H groups in total. The predicted octanol–water partition coefficient (Wildman–Crippen LogP) is 6.50. The molecule has 0 aliphatic heterocycles. The summed E-state index contributed by atoms with van der Waals surface area (Å²) in [7, 11) is 1.52. The zero-order valence-electron chi connectivity index (χ0n) is 16.9. The van der Waals surface area contributed by atoms with Crippen LogP contribution >= 0.6 is 0 Å². The molecule has 1 unspecified atom stereocenters. The van der Waals surface area contributed by atoms with Crippen molar-refractivity contribution >= 4 is 23.1 Å². The molecule has 0 spiro atoms. The van der Waals surface area contributed by atoms with E-state index in [-0.39, 0.29) is 11.8 Å². The molecule has 5 nitrogen and oxygen atoms in total. The Morgan fingerprint density at radius 3 is 2.13 bits per heavy atom. The number of alkyl halides is 3. The van der Waals surface area contributed by atoms with E-state index >= 15 is 0 Å². The highest BCUT2D eigenvalue weighted by molar-refractivity contribution is 5.63. The third-order valence-corrected chi connectivity index (χ3v) is 4.80. The lowest BCUT2D eigenvalue weighted by Crippen LogP contribution is -2.12. The van der Waals surface area contributed by atoms with E-state index in [0.717, 1.165) is 12.6 Å². The lowest BCUT2D eigenvalue weighted by molar-refractivity contribution is -0.137. The first-order chi connectivity index (χ1) is 14.3. The third-order valence-electron chi connectivity index (χ3n) is 4.80. The van der Waals surface area contributed by atoms with Crippen molar-refractivity contribution in [3.8, 4) is 5.75 Å². The van der Waals surface area contributed by atoms with E-state index in [1.165, 1.54) is 12.7 Å². The number of anilines is 4. The molecule has 1 atom stereocenters. The number of hydrogen-bond acceptors (Lipinski definition) is 5. The first kappa shape index (κ1) is 21.4. The van der Waals surface area contributed by atoms with Crippen molar-refractivity contribution in [3.05, 3.63) is 65.9 Å². The van der Waals surface area contributed by atoms with Crippen LogP contribution in [0.3, 0.4) is 0 Å². The van der Waals surface area contributed by atoms with Crippen LogP contribution in [-0.2, 0) is 6.18 Å². The largest absolute Gasteiger partial charge is 0.497 e. The first-order valence-corrected chi connectivity index (χ1v) is 9.52. The van der Waals surface area contributed by atoms with Crippen LogP contribution in [0.5, 0.6) is 5.75 Å². The van der Waals surface area contributed by atoms with Crippen LogP contribution in [0.4, 0.5) is 36.3 Å². The first-order valence-electron chi connectivity index (χ1n) is 9.52. The summed E-state index contributed by atoms with van der Waals surface area (Å²) in [6.45, 7) is 4.25. The van der Waals surface area contributed by atoms with Crippen LogP contribution < -0.4 is 15.4 Å². The Bertz CT molecular complexity index is 973. The number of benzene rings is 2. The summed E-state index contributed by atoms with van der Waals surface area (Å²) in [5.74, 6) is 0.765. The molecule has 1 aromatic heterocycles. The van der Waals surface area contributed by atoms with Crippen LogP contribution in [0.15, 0.2) is 54.7 Å². The molecule has 8 heteroatoms. The molecule has 158 valence electrons. The summed E-state index contributed by atoms with van der Waals surface area (Å²) < 4.78 is 45.3. The molecule has 0 aliphatic rings. The molecule has 30 heavy (non-hydrogen) atoms. The van der Waals surface area contributed by atoms with Crippen molar-refractivity contribution in [1.29, 1.82) is 0 Å². The second-order valence-electron chi connectivity index (χ2n) is 6.86. The van der Waals surface area contributed by atoms with E-state index in [4.69, 9.17) is 4.74 Å². The maximum absolute atomic E-state index is 13.4. The van der Waals surface area contributed by atoms with Gasteiger partial charge in [0.25, 0.3) is 0 Å². The smallest absolute Gasteiger partial charge is 0.421 e. The number of halogens is 3. The Morgan fingerprint density at radius 1 is 0.967 bits per heavy atom. The number of hydrogen-bond donors (Lipinski definition) is 2. The summed E-state index contributed by atoms with van der Waals surface area (Å²) >= 11 is 0. The minimum Gasteiger partial charge on any atom is -0.497 e. The van der Waals surface area contributed by atoms with Gasteiger partial charge in [0, 0.05) is 17.6 Å². The van der Waals surface area contributed by atoms with Crippen LogP contribution in [-0.4, -0.2) is 17.1 Å². The van der Waals surface area contributed by atoms with Gasteiger partial charge >= 0.3 is 6.18 Å². The van der Waals surface area contributed by atoms with Crippen LogP contribution in [0.1, 0.15) is 37.3 Å². The van der Waals surface area contributed by atoms with E-state index in [2.05, 4.69) is 34.4 Å². The highest BCUT2D eigenvalue weighted by Crippen LogP contribution is 2.35. The van der Waals surface area contributed by atoms with Crippen molar-refractivity contribution in [2.24, 2.45) is 0 Å². The fourth-order valence-electron chi connectivity index (χ4n) is 2.82. The van der Waals surface area contributed by atoms with Gasteiger partial charge in [-0.05, 0) is 54.3 Å². The maximum Gasteiger partial charge on any atom is 0.421 e. The van der Waals surface area contributed by atoms with E-state index < -0.39 is 11.7 Å². The lowest BCUT2D eigenvalue weighted by atomic mass is 9.99. The normalized spacial score (nSPS) is 12.3. The fourth-order valence-corrected chi connectivity index (χ4v) is 2.82. The average molecular weight is 416 g/mol. The van der Waals surface area contributed by atoms with Gasteiger partial charge in [-0.3, -0.25) is 0 Å². The number of nitrogens with zero attached hydrogens (tertiary/aromatic N) is 2. The summed E-state index contributed by atoms with van der Waals surface area (Å²) in [5, 5.41) is 5.68. The standard InChI is InChI=1S/C22H23F3N4O/c1-4-14(2)15-5-7-17(8-6-15)28-21-26-13-19(22(23,24)25)20(29-21)27-16-9-11-18(30-3)12-10-16/h5-14H,4H2,1-3H3,(H2,26,27,28,29). The molecule has 0 saturated carbocycles. The number of nitrogens with one attached hydrogen (secondary N) is 2. The predicted molar refractivity (Wildman–Crippen MR) is 112 cm³/mol. The summed E-state index contributed by atoms with van der Waals surface area (Å²) in [4.78, 5) is 7.90. The maximum atomic E-state index is 13.4. The Labute approximate surface area is 173 Å². The Kier molecular flexibility index (Phi) is 6.44. The summed E-state index contributed by atoms with van der Waals surface area (Å²) in [5.41, 5.74) is 1.38. The van der Waals surface area contributed by atoms with Crippen molar-refractivity contribution in [1.82, 2.24) is 9.97 Å². The molecule has 0 bridgehead atoms. The van der Waals surface area contributed by atoms with Crippen molar-refractivity contribution in [2.45, 2.75) is 32.4 Å². The molecule has 3 rings (SSSR count). The summed E-state index contributed by atoms with van der Waals surface area (Å²) in [6.07, 6.45) is -2.80. The minimum atomic E-state index is -4.59. The Balaban J connectivity index is 1.86. The van der Waals surface area contributed by atoms with E-state index in [9.17, 15) is 13.2 Å². The van der Waals surface area contributed by atoms with E-state index in [1.54, 1.807) is 24.3 Å². The van der Waals surface area contributed by atoms with Gasteiger partial charge in [0.15, 0.2) is 0 Å². The lowest BCUT2D eigenvalue weighted by Gasteiger charge is -2.15. The zero-order chi connectivity index (χ0) is 21.7. The van der Waals surface area contributed by atoms with Gasteiger partial charge in [-0.15, -0.1) is 0 Å². The highest BCUT2D eigenvalue weighted by atomic mass is 19.4. The molecule has 0 amide bonds. The number of ether oxygens (including phenoxy) is 1. The van der Waals surface area contributed by atoms with Gasteiger partial charge in [0.2, 0.25) is 5.95 Å². The van der Waals surface area contributed by atoms with Crippen molar-refractivity contribution < 1.29 is 17.9 Å². The second-order valence-corrected chi connectivity index (χ2v) is 6.86. The van der Waals surface area contributed by atoms with Crippen molar-refractivity contribution in [2.75, 3.05) is 17.7 Å². The molecular formula is C22H23F3N4O. The van der Waals surface area contributed by atoms with Crippen LogP contribution in [0.2, 0.25) is 0 Å². The van der Waals surface area contributed by atoms with Gasteiger partial charge < -0.3 is 15.4 Å². The number of aromatic nitrogens is 2. The zero-order valence-corrected chi connectivity index (χ0v) is 16.9. The van der Waals surface area contributed by atoms with E-state index in [1.807, 2.05) is 24.3 Å². The van der Waals surface area contributed by atoms with Crippen LogP contribution in [0.25, 0.3) is 0 Å². The van der Waals surface area contributed by atoms with Gasteiger partial charge in [0.05, 0.1) is 7.11 Å². The Morgan fingerprint density at radius 2 is 1.57 bits per heavy atom. The van der Waals surface area contributed by atoms with Crippen molar-refractivity contribution in [3.63, 3.8) is 0 Å². The van der Waals surface area contributed by atoms with E-state index in [0.29, 0.717) is 23.0 Å². The van der Waals surface area contributed by atoms with Gasteiger partial charge in [-0.2, -0.15) is 18.2 Å². The molecule has 3 aromatic rings. The van der Waals surface area contributed by atoms with Gasteiger partial charge in [-0.25, -0.2) is 4.98 Å². The highest BCUT2D eigenvalue weighted by Gasteiger charge is 2.35.